The topological polar surface area (TPSA) is 155 Å². The fourth-order valence-electron chi connectivity index (χ4n) is 7.24. The van der Waals surface area contributed by atoms with Crippen LogP contribution in [-0.2, 0) is 42.2 Å². The Balaban J connectivity index is 4.93. The van der Waals surface area contributed by atoms with Gasteiger partial charge in [-0.05, 0) is 96.3 Å². The number of hydrogen-bond donors (Lipinski definition) is 2. The Bertz CT molecular complexity index is 1780. The van der Waals surface area contributed by atoms with Gasteiger partial charge in [-0.2, -0.15) is 0 Å². The highest BCUT2D eigenvalue weighted by Crippen LogP contribution is 2.43. The first kappa shape index (κ1) is 71.6. The third-order valence-electron chi connectivity index (χ3n) is 11.6. The molecule has 76 heavy (non-hydrogen) atoms. The Hall–Kier alpha value is -4.38. The summed E-state index contributed by atoms with van der Waals surface area (Å²) in [5, 5.41) is 9.81. The summed E-state index contributed by atoms with van der Waals surface area (Å²) in [7, 11) is -4.79. The van der Waals surface area contributed by atoms with Crippen molar-refractivity contribution < 1.29 is 52.2 Å². The van der Waals surface area contributed by atoms with Gasteiger partial charge < -0.3 is 24.2 Å². The molecule has 3 atom stereocenters. The van der Waals surface area contributed by atoms with E-state index in [1.807, 2.05) is 24.3 Å². The van der Waals surface area contributed by atoms with Gasteiger partial charge in [0.15, 0.2) is 6.10 Å². The van der Waals surface area contributed by atoms with E-state index in [-0.39, 0.29) is 19.3 Å². The predicted molar refractivity (Wildman–Crippen MR) is 316 cm³/mol. The van der Waals surface area contributed by atoms with Crippen molar-refractivity contribution in [1.29, 1.82) is 0 Å². The van der Waals surface area contributed by atoms with Crippen LogP contribution >= 0.6 is 7.82 Å². The lowest BCUT2D eigenvalue weighted by molar-refractivity contribution is -0.161. The molecule has 12 heteroatoms. The number of rotatable bonds is 52. The van der Waals surface area contributed by atoms with Crippen molar-refractivity contribution in [3.63, 3.8) is 0 Å². The number of ether oxygens (including phenoxy) is 3. The quantitative estimate of drug-likeness (QED) is 0.0197. The molecule has 0 amide bonds. The van der Waals surface area contributed by atoms with Crippen LogP contribution < -0.4 is 0 Å². The second-order valence-corrected chi connectivity index (χ2v) is 20.1. The lowest BCUT2D eigenvalue weighted by Crippen LogP contribution is -2.30. The molecule has 0 aromatic rings. The number of phosphoric acid groups is 1. The van der Waals surface area contributed by atoms with Gasteiger partial charge in [0.05, 0.1) is 19.8 Å². The molecule has 0 fully saturated rings. The number of carbonyl (C=O) groups excluding carboxylic acids is 3. The molecule has 0 aromatic carbocycles. The Morgan fingerprint density at radius 1 is 0.382 bits per heavy atom. The minimum Gasteiger partial charge on any atom is -0.462 e. The number of aliphatic hydroxyl groups excluding tert-OH is 1. The van der Waals surface area contributed by atoms with Gasteiger partial charge in [0, 0.05) is 19.3 Å². The minimum absolute atomic E-state index is 0.0670. The first-order valence-electron chi connectivity index (χ1n) is 29.1. The van der Waals surface area contributed by atoms with Crippen LogP contribution in [0.3, 0.4) is 0 Å². The maximum Gasteiger partial charge on any atom is 0.472 e. The molecule has 0 saturated carbocycles. The summed E-state index contributed by atoms with van der Waals surface area (Å²) in [6, 6.07) is 0. The van der Waals surface area contributed by atoms with Gasteiger partial charge in [0.1, 0.15) is 12.7 Å². The standard InChI is InChI=1S/C64H103O11P/c1-4-7-10-13-16-19-22-25-27-29-30-32-33-36-38-41-44-47-50-53-62(66)71-57-61(75-64(68)55-52-49-46-43-40-37-34-31-28-26-23-20-17-14-11-8-5-2)59-73-76(69,70)72-58-60(56-65)74-63(67)54-51-48-45-42-39-35-24-21-18-15-12-9-6-3/h7-8,10-11,16-17,19-20,25-28,30,32,34,36-38,43-44,46-47,60-61,65H,4-6,9,12-15,18,21-24,29,31,33,35,39-42,45,48-59H2,1-3H3,(H,69,70)/b10-7-,11-8-,19-16-,20-17-,27-25-,28-26-,32-30-,37-34-,38-36-,46-43-,47-44-. The molecule has 0 aliphatic carbocycles. The number of hydrogen-bond acceptors (Lipinski definition) is 10. The van der Waals surface area contributed by atoms with Crippen molar-refractivity contribution in [3.05, 3.63) is 134 Å². The average molecular weight is 1080 g/mol. The smallest absolute Gasteiger partial charge is 0.462 e. The summed E-state index contributed by atoms with van der Waals surface area (Å²) in [5.74, 6) is -1.65. The third-order valence-corrected chi connectivity index (χ3v) is 12.5. The normalized spacial score (nSPS) is 14.3. The van der Waals surface area contributed by atoms with Crippen LogP contribution in [0.25, 0.3) is 0 Å². The molecule has 3 unspecified atom stereocenters. The van der Waals surface area contributed by atoms with Crippen LogP contribution in [-0.4, -0.2) is 66.5 Å². The Morgan fingerprint density at radius 3 is 1.11 bits per heavy atom. The summed E-state index contributed by atoms with van der Waals surface area (Å²) < 4.78 is 39.4. The monoisotopic (exact) mass is 1080 g/mol. The summed E-state index contributed by atoms with van der Waals surface area (Å²) in [6.45, 7) is 4.25. The summed E-state index contributed by atoms with van der Waals surface area (Å²) in [5.41, 5.74) is 0. The highest BCUT2D eigenvalue weighted by molar-refractivity contribution is 7.47. The van der Waals surface area contributed by atoms with Gasteiger partial charge in [0.2, 0.25) is 0 Å². The van der Waals surface area contributed by atoms with E-state index in [0.717, 1.165) is 89.9 Å². The third kappa shape index (κ3) is 54.4. The summed E-state index contributed by atoms with van der Waals surface area (Å²) >= 11 is 0. The number of carbonyl (C=O) groups is 3. The Kier molecular flexibility index (Phi) is 53.5. The van der Waals surface area contributed by atoms with Gasteiger partial charge in [-0.1, -0.05) is 231 Å². The van der Waals surface area contributed by atoms with Crippen LogP contribution in [0.1, 0.15) is 213 Å². The van der Waals surface area contributed by atoms with E-state index >= 15 is 0 Å². The van der Waals surface area contributed by atoms with Gasteiger partial charge in [-0.15, -0.1) is 0 Å². The molecular weight excluding hydrogens is 976 g/mol. The van der Waals surface area contributed by atoms with Gasteiger partial charge >= 0.3 is 25.7 Å². The lowest BCUT2D eigenvalue weighted by Gasteiger charge is -2.21. The van der Waals surface area contributed by atoms with E-state index in [0.29, 0.717) is 25.7 Å². The second-order valence-electron chi connectivity index (χ2n) is 18.7. The van der Waals surface area contributed by atoms with Gasteiger partial charge in [-0.3, -0.25) is 23.4 Å². The first-order valence-corrected chi connectivity index (χ1v) is 30.6. The van der Waals surface area contributed by atoms with E-state index in [1.165, 1.54) is 57.8 Å². The molecule has 11 nitrogen and oxygen atoms in total. The number of allylic oxidation sites excluding steroid dienone is 22. The van der Waals surface area contributed by atoms with Crippen LogP contribution in [0.5, 0.6) is 0 Å². The summed E-state index contributed by atoms with van der Waals surface area (Å²) in [6.07, 6.45) is 71.5. The zero-order valence-electron chi connectivity index (χ0n) is 47.4. The molecule has 0 spiro atoms. The van der Waals surface area contributed by atoms with E-state index in [9.17, 15) is 28.9 Å². The Morgan fingerprint density at radius 2 is 0.711 bits per heavy atom. The highest BCUT2D eigenvalue weighted by Gasteiger charge is 2.28. The maximum absolute atomic E-state index is 12.9. The van der Waals surface area contributed by atoms with Crippen LogP contribution in [0.2, 0.25) is 0 Å². The molecule has 0 saturated heterocycles. The molecule has 0 heterocycles. The zero-order valence-corrected chi connectivity index (χ0v) is 48.3. The first-order chi connectivity index (χ1) is 37.2. The molecular formula is C64H103O11P. The van der Waals surface area contributed by atoms with Crippen LogP contribution in [0.4, 0.5) is 0 Å². The van der Waals surface area contributed by atoms with E-state index in [4.69, 9.17) is 23.3 Å². The second kappa shape index (κ2) is 56.8. The molecule has 430 valence electrons. The van der Waals surface area contributed by atoms with Gasteiger partial charge in [-0.25, -0.2) is 4.57 Å². The maximum atomic E-state index is 12.9. The van der Waals surface area contributed by atoms with Crippen molar-refractivity contribution in [1.82, 2.24) is 0 Å². The minimum atomic E-state index is -4.79. The van der Waals surface area contributed by atoms with Crippen molar-refractivity contribution in [2.75, 3.05) is 26.4 Å². The van der Waals surface area contributed by atoms with Crippen LogP contribution in [0, 0.1) is 0 Å². The van der Waals surface area contributed by atoms with Gasteiger partial charge in [0.25, 0.3) is 0 Å². The predicted octanol–water partition coefficient (Wildman–Crippen LogP) is 17.4. The van der Waals surface area contributed by atoms with Crippen molar-refractivity contribution in [2.45, 2.75) is 226 Å². The number of esters is 3. The fraction of sp³-hybridized carbons (Fsp3) is 0.609. The van der Waals surface area contributed by atoms with Crippen molar-refractivity contribution in [2.24, 2.45) is 0 Å². The summed E-state index contributed by atoms with van der Waals surface area (Å²) in [4.78, 5) is 48.5. The van der Waals surface area contributed by atoms with Crippen molar-refractivity contribution >= 4 is 25.7 Å². The van der Waals surface area contributed by atoms with Crippen LogP contribution in [0.15, 0.2) is 134 Å². The number of aliphatic hydroxyl groups is 1. The fourth-order valence-corrected chi connectivity index (χ4v) is 8.02. The molecule has 0 aliphatic heterocycles. The number of unbranched alkanes of at least 4 members (excludes halogenated alkanes) is 13. The van der Waals surface area contributed by atoms with Crippen molar-refractivity contribution in [3.8, 4) is 0 Å². The molecule has 0 rings (SSSR count). The molecule has 0 aliphatic rings. The molecule has 0 bridgehead atoms. The SMILES string of the molecule is CC/C=C\C/C=C\C/C=C\C/C=C\C/C=C\C/C=C\CCC(=O)OCC(COP(=O)(O)OCC(CO)OC(=O)CCCCCCCCCCCCCCC)OC(=O)CCC/C=C\C/C=C\C/C=C\C/C=C\C/C=C\CC. The lowest BCUT2D eigenvalue weighted by atomic mass is 10.0. The molecule has 0 aromatic heterocycles. The Labute approximate surface area is 461 Å². The highest BCUT2D eigenvalue weighted by atomic mass is 31.2. The molecule has 0 radical (unpaired) electrons. The number of phosphoric ester groups is 1. The largest absolute Gasteiger partial charge is 0.472 e. The van der Waals surface area contributed by atoms with E-state index in [1.54, 1.807) is 0 Å². The molecule has 2 N–H and O–H groups in total. The van der Waals surface area contributed by atoms with E-state index in [2.05, 4.69) is 130 Å². The van der Waals surface area contributed by atoms with E-state index < -0.39 is 64.4 Å². The zero-order chi connectivity index (χ0) is 55.5. The average Bonchev–Trinajstić information content (AvgIpc) is 3.41.